The van der Waals surface area contributed by atoms with Crippen molar-refractivity contribution in [1.82, 2.24) is 10.2 Å². The summed E-state index contributed by atoms with van der Waals surface area (Å²) >= 11 is 0. The molecule has 1 aromatic heterocycles. The summed E-state index contributed by atoms with van der Waals surface area (Å²) in [5.74, 6) is 0.808. The molecule has 2 fully saturated rings. The Balaban J connectivity index is 1.19. The van der Waals surface area contributed by atoms with Gasteiger partial charge in [0, 0.05) is 43.1 Å². The summed E-state index contributed by atoms with van der Waals surface area (Å²) in [6.45, 7) is 6.93. The quantitative estimate of drug-likeness (QED) is 0.621. The van der Waals surface area contributed by atoms with Crippen molar-refractivity contribution in [3.05, 3.63) is 66.2 Å². The molecule has 1 N–H and O–H groups in total. The van der Waals surface area contributed by atoms with Gasteiger partial charge in [-0.1, -0.05) is 29.8 Å². The fourth-order valence-electron chi connectivity index (χ4n) is 4.59. The SMILES string of the molecule is Cc1ccc(-c2ccc(N3CCC[C@H](C(=O)Nc4ccc(N5CCOCC5)cc4)C3)nn2)cc1. The van der Waals surface area contributed by atoms with E-state index >= 15 is 0 Å². The van der Waals surface area contributed by atoms with Crippen LogP contribution in [0.1, 0.15) is 18.4 Å². The topological polar surface area (TPSA) is 70.6 Å². The van der Waals surface area contributed by atoms with Crippen molar-refractivity contribution < 1.29 is 9.53 Å². The zero-order valence-corrected chi connectivity index (χ0v) is 19.6. The molecule has 0 spiro atoms. The van der Waals surface area contributed by atoms with Gasteiger partial charge in [0.25, 0.3) is 0 Å². The first-order valence-electron chi connectivity index (χ1n) is 12.0. The lowest BCUT2D eigenvalue weighted by atomic mass is 9.97. The lowest BCUT2D eigenvalue weighted by molar-refractivity contribution is -0.120. The van der Waals surface area contributed by atoms with E-state index in [4.69, 9.17) is 4.74 Å². The van der Waals surface area contributed by atoms with Crippen LogP contribution in [0.25, 0.3) is 11.3 Å². The minimum absolute atomic E-state index is 0.0630. The molecule has 3 aromatic rings. The molecule has 7 nitrogen and oxygen atoms in total. The monoisotopic (exact) mass is 457 g/mol. The van der Waals surface area contributed by atoms with E-state index in [-0.39, 0.29) is 11.8 Å². The molecule has 34 heavy (non-hydrogen) atoms. The van der Waals surface area contributed by atoms with Gasteiger partial charge in [0.1, 0.15) is 0 Å². The Bertz CT molecular complexity index is 1090. The molecule has 0 bridgehead atoms. The predicted octanol–water partition coefficient (Wildman–Crippen LogP) is 4.14. The second-order valence-electron chi connectivity index (χ2n) is 9.06. The van der Waals surface area contributed by atoms with Crippen LogP contribution >= 0.6 is 0 Å². The number of carbonyl (C=O) groups excluding carboxylic acids is 1. The Morgan fingerprint density at radius 2 is 1.68 bits per heavy atom. The second-order valence-corrected chi connectivity index (χ2v) is 9.06. The molecule has 1 atom stereocenters. The van der Waals surface area contributed by atoms with Gasteiger partial charge < -0.3 is 19.9 Å². The highest BCUT2D eigenvalue weighted by molar-refractivity contribution is 5.93. The fraction of sp³-hybridized carbons (Fsp3) is 0.370. The molecule has 0 aliphatic carbocycles. The maximum Gasteiger partial charge on any atom is 0.229 e. The van der Waals surface area contributed by atoms with Crippen molar-refractivity contribution in [3.8, 4) is 11.3 Å². The molecule has 5 rings (SSSR count). The summed E-state index contributed by atoms with van der Waals surface area (Å²) in [5, 5.41) is 12.0. The number of aryl methyl sites for hydroxylation is 1. The summed E-state index contributed by atoms with van der Waals surface area (Å²) < 4.78 is 5.42. The summed E-state index contributed by atoms with van der Waals surface area (Å²) in [5.41, 5.74) is 5.13. The predicted molar refractivity (Wildman–Crippen MR) is 135 cm³/mol. The van der Waals surface area contributed by atoms with Crippen molar-refractivity contribution in [2.45, 2.75) is 19.8 Å². The van der Waals surface area contributed by atoms with Crippen LogP contribution in [-0.2, 0) is 9.53 Å². The normalized spacial score (nSPS) is 18.6. The van der Waals surface area contributed by atoms with Crippen LogP contribution in [0.4, 0.5) is 17.2 Å². The van der Waals surface area contributed by atoms with Crippen LogP contribution in [0.5, 0.6) is 0 Å². The molecule has 0 radical (unpaired) electrons. The minimum Gasteiger partial charge on any atom is -0.378 e. The fourth-order valence-corrected chi connectivity index (χ4v) is 4.59. The number of piperidine rings is 1. The molecule has 2 aliphatic heterocycles. The maximum atomic E-state index is 13.0. The van der Waals surface area contributed by atoms with Crippen molar-refractivity contribution in [2.75, 3.05) is 54.5 Å². The number of anilines is 3. The molecular formula is C27H31N5O2. The average Bonchev–Trinajstić information content (AvgIpc) is 2.90. The van der Waals surface area contributed by atoms with Crippen LogP contribution in [-0.4, -0.2) is 55.5 Å². The van der Waals surface area contributed by atoms with Crippen molar-refractivity contribution in [3.63, 3.8) is 0 Å². The highest BCUT2D eigenvalue weighted by Gasteiger charge is 2.27. The summed E-state index contributed by atoms with van der Waals surface area (Å²) in [6, 6.07) is 20.4. The van der Waals surface area contributed by atoms with Crippen LogP contribution in [0.15, 0.2) is 60.7 Å². The number of carbonyl (C=O) groups is 1. The number of ether oxygens (including phenoxy) is 1. The summed E-state index contributed by atoms with van der Waals surface area (Å²) in [4.78, 5) is 17.5. The maximum absolute atomic E-state index is 13.0. The number of nitrogens with one attached hydrogen (secondary N) is 1. The molecule has 2 aromatic carbocycles. The van der Waals surface area contributed by atoms with E-state index in [9.17, 15) is 4.79 Å². The van der Waals surface area contributed by atoms with Crippen molar-refractivity contribution >= 4 is 23.1 Å². The molecule has 0 unspecified atom stereocenters. The number of morpholine rings is 1. The molecule has 7 heteroatoms. The molecule has 176 valence electrons. The zero-order valence-electron chi connectivity index (χ0n) is 19.6. The molecular weight excluding hydrogens is 426 g/mol. The van der Waals surface area contributed by atoms with Gasteiger partial charge in [-0.25, -0.2) is 0 Å². The number of hydrogen-bond donors (Lipinski definition) is 1. The molecule has 3 heterocycles. The Labute approximate surface area is 200 Å². The second kappa shape index (κ2) is 10.2. The lowest BCUT2D eigenvalue weighted by Crippen LogP contribution is -2.41. The van der Waals surface area contributed by atoms with Crippen LogP contribution in [0.2, 0.25) is 0 Å². The van der Waals surface area contributed by atoms with Gasteiger partial charge >= 0.3 is 0 Å². The Kier molecular flexibility index (Phi) is 6.72. The van der Waals surface area contributed by atoms with Gasteiger partial charge in [-0.3, -0.25) is 4.79 Å². The van der Waals surface area contributed by atoms with E-state index in [0.717, 1.165) is 74.1 Å². The van der Waals surface area contributed by atoms with Crippen molar-refractivity contribution in [1.29, 1.82) is 0 Å². The molecule has 1 amide bonds. The third-order valence-electron chi connectivity index (χ3n) is 6.63. The van der Waals surface area contributed by atoms with Gasteiger partial charge in [0.2, 0.25) is 5.91 Å². The Morgan fingerprint density at radius 1 is 0.912 bits per heavy atom. The molecule has 2 aliphatic rings. The van der Waals surface area contributed by atoms with E-state index in [2.05, 4.69) is 68.6 Å². The van der Waals surface area contributed by atoms with Gasteiger partial charge in [-0.15, -0.1) is 10.2 Å². The Morgan fingerprint density at radius 3 is 2.38 bits per heavy atom. The third-order valence-corrected chi connectivity index (χ3v) is 6.63. The zero-order chi connectivity index (χ0) is 23.3. The molecule has 0 saturated carbocycles. The number of amides is 1. The summed E-state index contributed by atoms with van der Waals surface area (Å²) in [7, 11) is 0. The van der Waals surface area contributed by atoms with E-state index in [1.807, 2.05) is 24.3 Å². The van der Waals surface area contributed by atoms with E-state index in [1.54, 1.807) is 0 Å². The van der Waals surface area contributed by atoms with Gasteiger partial charge in [-0.2, -0.15) is 0 Å². The highest BCUT2D eigenvalue weighted by Crippen LogP contribution is 2.25. The number of aromatic nitrogens is 2. The average molecular weight is 458 g/mol. The van der Waals surface area contributed by atoms with Crippen LogP contribution in [0, 0.1) is 12.8 Å². The van der Waals surface area contributed by atoms with Gasteiger partial charge in [0.15, 0.2) is 5.82 Å². The van der Waals surface area contributed by atoms with Crippen molar-refractivity contribution in [2.24, 2.45) is 5.92 Å². The van der Waals surface area contributed by atoms with E-state index in [0.29, 0.717) is 6.54 Å². The van der Waals surface area contributed by atoms with Gasteiger partial charge in [0.05, 0.1) is 24.8 Å². The number of rotatable bonds is 5. The lowest BCUT2D eigenvalue weighted by Gasteiger charge is -2.32. The minimum atomic E-state index is -0.0776. The van der Waals surface area contributed by atoms with E-state index < -0.39 is 0 Å². The first-order chi connectivity index (χ1) is 16.7. The van der Waals surface area contributed by atoms with Crippen LogP contribution in [0.3, 0.4) is 0 Å². The van der Waals surface area contributed by atoms with Gasteiger partial charge in [-0.05, 0) is 56.2 Å². The largest absolute Gasteiger partial charge is 0.378 e. The van der Waals surface area contributed by atoms with Crippen LogP contribution < -0.4 is 15.1 Å². The first-order valence-corrected chi connectivity index (χ1v) is 12.0. The third kappa shape index (κ3) is 5.20. The Hall–Kier alpha value is -3.45. The standard InChI is InChI=1S/C27H31N5O2/c1-20-4-6-21(7-5-20)25-12-13-26(30-29-25)32-14-2-3-22(19-32)27(33)28-23-8-10-24(11-9-23)31-15-17-34-18-16-31/h4-13,22H,2-3,14-19H2,1H3,(H,28,33)/t22-/m0/s1. The smallest absolute Gasteiger partial charge is 0.229 e. The first kappa shape index (κ1) is 22.3. The number of benzene rings is 2. The number of nitrogens with zero attached hydrogens (tertiary/aromatic N) is 4. The summed E-state index contributed by atoms with van der Waals surface area (Å²) in [6.07, 6.45) is 1.83. The van der Waals surface area contributed by atoms with E-state index in [1.165, 1.54) is 5.56 Å². The number of hydrogen-bond acceptors (Lipinski definition) is 6. The molecule has 2 saturated heterocycles. The highest BCUT2D eigenvalue weighted by atomic mass is 16.5.